The number of aliphatic hydroxyl groups is 1. The van der Waals surface area contributed by atoms with Crippen molar-refractivity contribution in [3.05, 3.63) is 71.8 Å². The van der Waals surface area contributed by atoms with Crippen LogP contribution < -0.4 is 0 Å². The number of benzene rings is 2. The van der Waals surface area contributed by atoms with Crippen LogP contribution in [0.15, 0.2) is 60.7 Å². The summed E-state index contributed by atoms with van der Waals surface area (Å²) in [4.78, 5) is 12.6. The molecule has 2 rings (SSSR count). The fourth-order valence-corrected chi connectivity index (χ4v) is 2.44. The Hall–Kier alpha value is -2.64. The van der Waals surface area contributed by atoms with Crippen LogP contribution in [-0.2, 0) is 9.53 Å². The summed E-state index contributed by atoms with van der Waals surface area (Å²) >= 11 is 0. The number of esters is 1. The van der Waals surface area contributed by atoms with Crippen LogP contribution in [0.2, 0.25) is 0 Å². The highest BCUT2D eigenvalue weighted by Crippen LogP contribution is 2.28. The van der Waals surface area contributed by atoms with Crippen LogP contribution in [0, 0.1) is 17.2 Å². The summed E-state index contributed by atoms with van der Waals surface area (Å²) in [5.74, 6) is -0.651. The number of nitrogens with zero attached hydrogens (tertiary/aromatic N) is 1. The molecular formula is C21H25NO3. The van der Waals surface area contributed by atoms with Gasteiger partial charge in [-0.15, -0.1) is 0 Å². The predicted octanol–water partition coefficient (Wildman–Crippen LogP) is 4.23. The number of ether oxygens (including phenoxy) is 1. The highest BCUT2D eigenvalue weighted by atomic mass is 16.5. The standard InChI is InChI=1S/C19H19NO2.C2H6O/c1-14(2)18(16-11-7-4-8-12-16)19(21)22-17(13-20)15-9-5-3-6-10-15;1-2-3/h3-12,14,17-18H,1-2H3;3H,2H2,1H3. The van der Waals surface area contributed by atoms with E-state index in [0.717, 1.165) is 5.56 Å². The largest absolute Gasteiger partial charge is 0.441 e. The number of carbonyl (C=O) groups is 1. The smallest absolute Gasteiger partial charge is 0.315 e. The average molecular weight is 339 g/mol. The highest BCUT2D eigenvalue weighted by molar-refractivity contribution is 5.79. The Kier molecular flexibility index (Phi) is 8.99. The van der Waals surface area contributed by atoms with Gasteiger partial charge >= 0.3 is 5.97 Å². The summed E-state index contributed by atoms with van der Waals surface area (Å²) in [6.45, 7) is 5.88. The van der Waals surface area contributed by atoms with Gasteiger partial charge in [-0.05, 0) is 18.4 Å². The van der Waals surface area contributed by atoms with Crippen molar-refractivity contribution in [3.8, 4) is 6.07 Å². The minimum atomic E-state index is -0.876. The summed E-state index contributed by atoms with van der Waals surface area (Å²) < 4.78 is 5.46. The Morgan fingerprint density at radius 2 is 1.48 bits per heavy atom. The number of rotatable bonds is 5. The van der Waals surface area contributed by atoms with Crippen LogP contribution in [0.5, 0.6) is 0 Å². The van der Waals surface area contributed by atoms with Crippen molar-refractivity contribution in [1.29, 1.82) is 5.26 Å². The van der Waals surface area contributed by atoms with Gasteiger partial charge in [-0.2, -0.15) is 5.26 Å². The van der Waals surface area contributed by atoms with E-state index in [4.69, 9.17) is 9.84 Å². The molecule has 0 fully saturated rings. The maximum Gasteiger partial charge on any atom is 0.315 e. The molecule has 132 valence electrons. The lowest BCUT2D eigenvalue weighted by atomic mass is 9.88. The van der Waals surface area contributed by atoms with Crippen molar-refractivity contribution in [1.82, 2.24) is 0 Å². The van der Waals surface area contributed by atoms with Gasteiger partial charge in [0, 0.05) is 12.2 Å². The van der Waals surface area contributed by atoms with Crippen LogP contribution >= 0.6 is 0 Å². The van der Waals surface area contributed by atoms with Gasteiger partial charge in [-0.1, -0.05) is 74.5 Å². The van der Waals surface area contributed by atoms with Crippen molar-refractivity contribution < 1.29 is 14.6 Å². The Bertz CT molecular complexity index is 663. The van der Waals surface area contributed by atoms with E-state index in [0.29, 0.717) is 5.56 Å². The molecule has 0 aromatic heterocycles. The van der Waals surface area contributed by atoms with Gasteiger partial charge in [-0.25, -0.2) is 0 Å². The van der Waals surface area contributed by atoms with Gasteiger partial charge in [0.1, 0.15) is 6.07 Å². The first-order valence-corrected chi connectivity index (χ1v) is 8.35. The molecule has 4 heteroatoms. The molecule has 2 unspecified atom stereocenters. The lowest BCUT2D eigenvalue weighted by Crippen LogP contribution is -2.22. The lowest BCUT2D eigenvalue weighted by Gasteiger charge is -2.21. The number of hydrogen-bond donors (Lipinski definition) is 1. The van der Waals surface area contributed by atoms with Crippen LogP contribution in [0.4, 0.5) is 0 Å². The summed E-state index contributed by atoms with van der Waals surface area (Å²) in [5, 5.41) is 16.9. The third-order valence-electron chi connectivity index (χ3n) is 3.53. The summed E-state index contributed by atoms with van der Waals surface area (Å²) in [5.41, 5.74) is 1.60. The van der Waals surface area contributed by atoms with Crippen LogP contribution in [0.25, 0.3) is 0 Å². The van der Waals surface area contributed by atoms with Gasteiger partial charge in [0.15, 0.2) is 0 Å². The summed E-state index contributed by atoms with van der Waals surface area (Å²) in [6, 6.07) is 20.7. The van der Waals surface area contributed by atoms with E-state index in [1.807, 2.05) is 62.4 Å². The fraction of sp³-hybridized carbons (Fsp3) is 0.333. The second kappa shape index (κ2) is 11.0. The molecule has 0 spiro atoms. The quantitative estimate of drug-likeness (QED) is 0.828. The van der Waals surface area contributed by atoms with Crippen LogP contribution in [0.3, 0.4) is 0 Å². The third-order valence-corrected chi connectivity index (χ3v) is 3.53. The zero-order chi connectivity index (χ0) is 18.7. The zero-order valence-electron chi connectivity index (χ0n) is 14.9. The van der Waals surface area contributed by atoms with E-state index in [1.54, 1.807) is 19.1 Å². The molecule has 0 aliphatic carbocycles. The average Bonchev–Trinajstić information content (AvgIpc) is 2.62. The van der Waals surface area contributed by atoms with Gasteiger partial charge < -0.3 is 9.84 Å². The van der Waals surface area contributed by atoms with Gasteiger partial charge in [0.25, 0.3) is 0 Å². The predicted molar refractivity (Wildman–Crippen MR) is 97.7 cm³/mol. The molecule has 0 saturated carbocycles. The molecule has 0 aliphatic heterocycles. The van der Waals surface area contributed by atoms with E-state index in [-0.39, 0.29) is 24.4 Å². The number of nitriles is 1. The van der Waals surface area contributed by atoms with Gasteiger partial charge in [0.2, 0.25) is 6.10 Å². The van der Waals surface area contributed by atoms with Crippen molar-refractivity contribution in [3.63, 3.8) is 0 Å². The van der Waals surface area contributed by atoms with Crippen LogP contribution in [0.1, 0.15) is 43.9 Å². The van der Waals surface area contributed by atoms with E-state index in [1.165, 1.54) is 0 Å². The van der Waals surface area contributed by atoms with E-state index in [2.05, 4.69) is 6.07 Å². The minimum Gasteiger partial charge on any atom is -0.441 e. The Morgan fingerprint density at radius 1 is 1.04 bits per heavy atom. The molecule has 1 N–H and O–H groups in total. The fourth-order valence-electron chi connectivity index (χ4n) is 2.44. The molecule has 0 saturated heterocycles. The number of carbonyl (C=O) groups excluding carboxylic acids is 1. The molecule has 0 radical (unpaired) electrons. The SMILES string of the molecule is CC(C)C(C(=O)OC(C#N)c1ccccc1)c1ccccc1.CCO. The second-order valence-corrected chi connectivity index (χ2v) is 5.81. The minimum absolute atomic E-state index is 0.0880. The molecule has 0 aliphatic rings. The third kappa shape index (κ3) is 6.40. The molecule has 4 nitrogen and oxygen atoms in total. The highest BCUT2D eigenvalue weighted by Gasteiger charge is 2.28. The zero-order valence-corrected chi connectivity index (χ0v) is 14.9. The van der Waals surface area contributed by atoms with Crippen LogP contribution in [-0.4, -0.2) is 17.7 Å². The normalized spacial score (nSPS) is 12.3. The van der Waals surface area contributed by atoms with Gasteiger partial charge in [-0.3, -0.25) is 4.79 Å². The Labute approximate surface area is 149 Å². The van der Waals surface area contributed by atoms with E-state index in [9.17, 15) is 10.1 Å². The topological polar surface area (TPSA) is 70.3 Å². The molecule has 2 aromatic carbocycles. The lowest BCUT2D eigenvalue weighted by molar-refractivity contribution is -0.150. The maximum atomic E-state index is 12.6. The van der Waals surface area contributed by atoms with Crippen molar-refractivity contribution in [2.45, 2.75) is 32.8 Å². The molecule has 0 heterocycles. The van der Waals surface area contributed by atoms with Gasteiger partial charge in [0.05, 0.1) is 5.92 Å². The molecule has 2 atom stereocenters. The molecule has 0 amide bonds. The maximum absolute atomic E-state index is 12.6. The second-order valence-electron chi connectivity index (χ2n) is 5.81. The van der Waals surface area contributed by atoms with Crippen molar-refractivity contribution >= 4 is 5.97 Å². The monoisotopic (exact) mass is 339 g/mol. The van der Waals surface area contributed by atoms with Crippen molar-refractivity contribution in [2.75, 3.05) is 6.61 Å². The Balaban J connectivity index is 0.000000970. The van der Waals surface area contributed by atoms with E-state index >= 15 is 0 Å². The molecular weight excluding hydrogens is 314 g/mol. The first-order valence-electron chi connectivity index (χ1n) is 8.35. The first-order chi connectivity index (χ1) is 12.0. The molecule has 2 aromatic rings. The van der Waals surface area contributed by atoms with Crippen molar-refractivity contribution in [2.24, 2.45) is 5.92 Å². The summed E-state index contributed by atoms with van der Waals surface area (Å²) in [6.07, 6.45) is -0.876. The number of hydrogen-bond acceptors (Lipinski definition) is 4. The Morgan fingerprint density at radius 3 is 1.88 bits per heavy atom. The van der Waals surface area contributed by atoms with E-state index < -0.39 is 6.10 Å². The molecule has 25 heavy (non-hydrogen) atoms. The molecule has 0 bridgehead atoms. The first kappa shape index (κ1) is 20.4. The number of aliphatic hydroxyl groups excluding tert-OH is 1. The summed E-state index contributed by atoms with van der Waals surface area (Å²) in [7, 11) is 0.